The lowest BCUT2D eigenvalue weighted by Crippen LogP contribution is -2.41. The van der Waals surface area contributed by atoms with E-state index in [2.05, 4.69) is 10.1 Å². The maximum Gasteiger partial charge on any atom is 0.226 e. The zero-order valence-electron chi connectivity index (χ0n) is 12.8. The number of aromatic nitrogens is 3. The summed E-state index contributed by atoms with van der Waals surface area (Å²) in [5.41, 5.74) is 0.938. The number of carbonyl (C=O) groups excluding carboxylic acids is 1. The summed E-state index contributed by atoms with van der Waals surface area (Å²) in [6.07, 6.45) is 6.07. The lowest BCUT2D eigenvalue weighted by Gasteiger charge is -2.32. The second kappa shape index (κ2) is 5.76. The molecule has 1 saturated heterocycles. The molecular formula is C17H19FN4O. The molecule has 2 heterocycles. The predicted octanol–water partition coefficient (Wildman–Crippen LogP) is 2.38. The van der Waals surface area contributed by atoms with E-state index in [1.165, 1.54) is 12.4 Å². The molecule has 1 aromatic heterocycles. The summed E-state index contributed by atoms with van der Waals surface area (Å²) < 4.78 is 15.2. The Bertz CT molecular complexity index is 702. The first-order valence-electron chi connectivity index (χ1n) is 8.11. The summed E-state index contributed by atoms with van der Waals surface area (Å²) in [6.45, 7) is 1.49. The van der Waals surface area contributed by atoms with Gasteiger partial charge in [-0.25, -0.2) is 14.1 Å². The van der Waals surface area contributed by atoms with Crippen LogP contribution in [0, 0.1) is 11.7 Å². The quantitative estimate of drug-likeness (QED) is 0.874. The molecule has 120 valence electrons. The van der Waals surface area contributed by atoms with Crippen LogP contribution in [-0.4, -0.2) is 38.7 Å². The monoisotopic (exact) mass is 314 g/mol. The van der Waals surface area contributed by atoms with Crippen LogP contribution in [-0.2, 0) is 4.79 Å². The van der Waals surface area contributed by atoms with Crippen LogP contribution in [0.2, 0.25) is 0 Å². The van der Waals surface area contributed by atoms with Crippen LogP contribution < -0.4 is 0 Å². The van der Waals surface area contributed by atoms with Crippen molar-refractivity contribution in [1.29, 1.82) is 0 Å². The molecule has 1 aromatic carbocycles. The first-order valence-corrected chi connectivity index (χ1v) is 8.11. The molecule has 0 N–H and O–H groups in total. The van der Waals surface area contributed by atoms with Crippen molar-refractivity contribution in [3.8, 4) is 0 Å². The van der Waals surface area contributed by atoms with E-state index in [1.54, 1.807) is 18.5 Å². The van der Waals surface area contributed by atoms with Gasteiger partial charge in [-0.15, -0.1) is 0 Å². The van der Waals surface area contributed by atoms with E-state index in [0.29, 0.717) is 6.54 Å². The highest BCUT2D eigenvalue weighted by atomic mass is 19.1. The van der Waals surface area contributed by atoms with E-state index in [0.717, 1.165) is 31.4 Å². The Morgan fingerprint density at radius 1 is 1.35 bits per heavy atom. The maximum atomic E-state index is 13.3. The molecular weight excluding hydrogens is 295 g/mol. The summed E-state index contributed by atoms with van der Waals surface area (Å²) in [5.74, 6) is 0.144. The van der Waals surface area contributed by atoms with Crippen LogP contribution in [0.3, 0.4) is 0 Å². The van der Waals surface area contributed by atoms with Gasteiger partial charge in [0.05, 0.1) is 6.04 Å². The Morgan fingerprint density at radius 2 is 2.26 bits per heavy atom. The summed E-state index contributed by atoms with van der Waals surface area (Å²) in [6, 6.07) is 6.82. The minimum absolute atomic E-state index is 0.00583. The van der Waals surface area contributed by atoms with E-state index in [1.807, 2.05) is 15.6 Å². The summed E-state index contributed by atoms with van der Waals surface area (Å²) in [7, 11) is 0. The normalized spacial score (nSPS) is 27.0. The minimum Gasteiger partial charge on any atom is -0.340 e. The molecule has 1 amide bonds. The van der Waals surface area contributed by atoms with Gasteiger partial charge >= 0.3 is 0 Å². The standard InChI is InChI=1S/C17H19FN4O/c18-13-4-1-3-12(7-13)15-8-16(15)17(23)21-6-2-5-14(9-21)22-11-19-10-20-22/h1,3-4,7,10-11,14-16H,2,5-6,8-9H2/t14-,15+,16-/m1/s1. The smallest absolute Gasteiger partial charge is 0.226 e. The third kappa shape index (κ3) is 2.85. The van der Waals surface area contributed by atoms with Crippen molar-refractivity contribution in [1.82, 2.24) is 19.7 Å². The van der Waals surface area contributed by atoms with Crippen molar-refractivity contribution in [3.63, 3.8) is 0 Å². The number of benzene rings is 1. The van der Waals surface area contributed by atoms with Crippen molar-refractivity contribution in [2.75, 3.05) is 13.1 Å². The van der Waals surface area contributed by atoms with E-state index >= 15 is 0 Å². The van der Waals surface area contributed by atoms with Gasteiger partial charge in [0.25, 0.3) is 0 Å². The molecule has 0 spiro atoms. The fraction of sp³-hybridized carbons (Fsp3) is 0.471. The topological polar surface area (TPSA) is 51.0 Å². The molecule has 3 atom stereocenters. The van der Waals surface area contributed by atoms with E-state index in [9.17, 15) is 9.18 Å². The number of nitrogens with zero attached hydrogens (tertiary/aromatic N) is 4. The molecule has 0 unspecified atom stereocenters. The van der Waals surface area contributed by atoms with Crippen LogP contribution >= 0.6 is 0 Å². The van der Waals surface area contributed by atoms with Gasteiger partial charge in [0, 0.05) is 19.0 Å². The average molecular weight is 314 g/mol. The Kier molecular flexibility index (Phi) is 3.59. The summed E-state index contributed by atoms with van der Waals surface area (Å²) in [4.78, 5) is 18.7. The van der Waals surface area contributed by atoms with Gasteiger partial charge in [-0.2, -0.15) is 5.10 Å². The third-order valence-electron chi connectivity index (χ3n) is 4.90. The largest absolute Gasteiger partial charge is 0.340 e. The molecule has 5 nitrogen and oxygen atoms in total. The Balaban J connectivity index is 1.42. The molecule has 6 heteroatoms. The summed E-state index contributed by atoms with van der Waals surface area (Å²) in [5, 5.41) is 4.19. The molecule has 0 bridgehead atoms. The molecule has 23 heavy (non-hydrogen) atoms. The van der Waals surface area contributed by atoms with Crippen LogP contribution in [0.5, 0.6) is 0 Å². The average Bonchev–Trinajstić information content (AvgIpc) is 3.19. The number of piperidine rings is 1. The third-order valence-corrected chi connectivity index (χ3v) is 4.90. The Labute approximate surface area is 134 Å². The lowest BCUT2D eigenvalue weighted by molar-refractivity contribution is -0.134. The molecule has 1 aliphatic carbocycles. The highest BCUT2D eigenvalue weighted by Crippen LogP contribution is 2.48. The van der Waals surface area contributed by atoms with E-state index in [-0.39, 0.29) is 29.6 Å². The van der Waals surface area contributed by atoms with Crippen LogP contribution in [0.15, 0.2) is 36.9 Å². The Hall–Kier alpha value is -2.24. The number of amides is 1. The first kappa shape index (κ1) is 14.4. The predicted molar refractivity (Wildman–Crippen MR) is 82.1 cm³/mol. The van der Waals surface area contributed by atoms with Crippen molar-refractivity contribution in [3.05, 3.63) is 48.3 Å². The first-order chi connectivity index (χ1) is 11.2. The number of rotatable bonds is 3. The van der Waals surface area contributed by atoms with Crippen molar-refractivity contribution in [2.24, 2.45) is 5.92 Å². The maximum absolute atomic E-state index is 13.3. The van der Waals surface area contributed by atoms with Gasteiger partial charge in [-0.05, 0) is 42.9 Å². The zero-order chi connectivity index (χ0) is 15.8. The molecule has 2 aromatic rings. The minimum atomic E-state index is -0.232. The van der Waals surface area contributed by atoms with Crippen LogP contribution in [0.1, 0.15) is 36.8 Å². The lowest BCUT2D eigenvalue weighted by atomic mass is 10.0. The second-order valence-corrected chi connectivity index (χ2v) is 6.46. The van der Waals surface area contributed by atoms with Gasteiger partial charge in [0.15, 0.2) is 0 Å². The number of likely N-dealkylation sites (tertiary alicyclic amines) is 1. The fourth-order valence-corrected chi connectivity index (χ4v) is 3.58. The number of carbonyl (C=O) groups is 1. The number of hydrogen-bond acceptors (Lipinski definition) is 3. The second-order valence-electron chi connectivity index (χ2n) is 6.46. The van der Waals surface area contributed by atoms with E-state index in [4.69, 9.17) is 0 Å². The van der Waals surface area contributed by atoms with Crippen LogP contribution in [0.4, 0.5) is 4.39 Å². The van der Waals surface area contributed by atoms with Gasteiger partial charge in [-0.3, -0.25) is 4.79 Å². The summed E-state index contributed by atoms with van der Waals surface area (Å²) >= 11 is 0. The molecule has 1 aliphatic heterocycles. The van der Waals surface area contributed by atoms with E-state index < -0.39 is 0 Å². The number of halogens is 1. The molecule has 4 rings (SSSR count). The van der Waals surface area contributed by atoms with Gasteiger partial charge < -0.3 is 4.90 Å². The van der Waals surface area contributed by atoms with Gasteiger partial charge in [0.1, 0.15) is 18.5 Å². The van der Waals surface area contributed by atoms with Gasteiger partial charge in [-0.1, -0.05) is 12.1 Å². The highest BCUT2D eigenvalue weighted by molar-refractivity contribution is 5.83. The molecule has 0 radical (unpaired) electrons. The van der Waals surface area contributed by atoms with Crippen molar-refractivity contribution >= 4 is 5.91 Å². The SMILES string of the molecule is O=C([C@@H]1C[C@H]1c1cccc(F)c1)N1CCC[C@@H](n2cncn2)C1. The molecule has 2 fully saturated rings. The zero-order valence-corrected chi connectivity index (χ0v) is 12.8. The molecule has 1 saturated carbocycles. The van der Waals surface area contributed by atoms with Crippen molar-refractivity contribution in [2.45, 2.75) is 31.2 Å². The highest BCUT2D eigenvalue weighted by Gasteiger charge is 2.46. The van der Waals surface area contributed by atoms with Gasteiger partial charge in [0.2, 0.25) is 5.91 Å². The van der Waals surface area contributed by atoms with Crippen molar-refractivity contribution < 1.29 is 9.18 Å². The molecule has 2 aliphatic rings. The fourth-order valence-electron chi connectivity index (χ4n) is 3.58. The number of hydrogen-bond donors (Lipinski definition) is 0. The Morgan fingerprint density at radius 3 is 3.04 bits per heavy atom. The van der Waals surface area contributed by atoms with Crippen LogP contribution in [0.25, 0.3) is 0 Å².